The zero-order valence-corrected chi connectivity index (χ0v) is 11.9. The highest BCUT2D eigenvalue weighted by Crippen LogP contribution is 2.33. The van der Waals surface area contributed by atoms with E-state index in [4.69, 9.17) is 5.26 Å². The molecule has 3 nitrogen and oxygen atoms in total. The lowest BCUT2D eigenvalue weighted by molar-refractivity contribution is -0.137. The molecule has 6 heteroatoms. The van der Waals surface area contributed by atoms with E-state index in [9.17, 15) is 13.2 Å². The second-order valence-electron chi connectivity index (χ2n) is 5.29. The Morgan fingerprint density at radius 2 is 2.05 bits per heavy atom. The van der Waals surface area contributed by atoms with E-state index in [1.165, 1.54) is 6.07 Å². The summed E-state index contributed by atoms with van der Waals surface area (Å²) < 4.78 is 38.1. The Bertz CT molecular complexity index is 526. The number of nitrogens with zero attached hydrogens (tertiary/aromatic N) is 2. The Labute approximate surface area is 122 Å². The van der Waals surface area contributed by atoms with Gasteiger partial charge in [-0.2, -0.15) is 18.4 Å². The Hall–Kier alpha value is -1.74. The smallest absolute Gasteiger partial charge is 0.370 e. The molecule has 1 aliphatic rings. The topological polar surface area (TPSA) is 39.1 Å². The minimum absolute atomic E-state index is 0.0736. The number of anilines is 1. The number of alkyl halides is 3. The maximum absolute atomic E-state index is 12.7. The van der Waals surface area contributed by atoms with Crippen LogP contribution in [0.2, 0.25) is 0 Å². The van der Waals surface area contributed by atoms with Crippen LogP contribution in [0.25, 0.3) is 0 Å². The maximum atomic E-state index is 12.7. The predicted octanol–water partition coefficient (Wildman–Crippen LogP) is 3.16. The molecule has 0 saturated carbocycles. The lowest BCUT2D eigenvalue weighted by Gasteiger charge is -2.30. The van der Waals surface area contributed by atoms with Crippen LogP contribution in [0.1, 0.15) is 30.4 Å². The fraction of sp³-hybridized carbons (Fsp3) is 0.533. The average Bonchev–Trinajstić information content (AvgIpc) is 2.74. The second kappa shape index (κ2) is 6.35. The van der Waals surface area contributed by atoms with Gasteiger partial charge < -0.3 is 10.2 Å². The van der Waals surface area contributed by atoms with Gasteiger partial charge in [0.1, 0.15) is 6.07 Å². The molecule has 0 aliphatic carbocycles. The summed E-state index contributed by atoms with van der Waals surface area (Å²) in [6, 6.07) is 5.50. The molecule has 1 unspecified atom stereocenters. The molecular weight excluding hydrogens is 279 g/mol. The van der Waals surface area contributed by atoms with Crippen molar-refractivity contribution < 1.29 is 13.2 Å². The van der Waals surface area contributed by atoms with Crippen LogP contribution in [0.3, 0.4) is 0 Å². The molecule has 1 heterocycles. The van der Waals surface area contributed by atoms with Crippen molar-refractivity contribution in [2.24, 2.45) is 0 Å². The summed E-state index contributed by atoms with van der Waals surface area (Å²) in [5, 5.41) is 12.5. The van der Waals surface area contributed by atoms with Crippen molar-refractivity contribution in [1.82, 2.24) is 5.32 Å². The van der Waals surface area contributed by atoms with Gasteiger partial charge in [0.05, 0.1) is 16.8 Å². The van der Waals surface area contributed by atoms with E-state index < -0.39 is 11.7 Å². The molecule has 0 spiro atoms. The number of nitrogens with one attached hydrogen (secondary N) is 1. The summed E-state index contributed by atoms with van der Waals surface area (Å²) in [5.74, 6) is 0. The molecule has 21 heavy (non-hydrogen) atoms. The zero-order valence-electron chi connectivity index (χ0n) is 11.9. The predicted molar refractivity (Wildman–Crippen MR) is 75.1 cm³/mol. The number of benzene rings is 1. The van der Waals surface area contributed by atoms with E-state index in [1.54, 1.807) is 0 Å². The van der Waals surface area contributed by atoms with Crippen LogP contribution in [0, 0.1) is 11.3 Å². The summed E-state index contributed by atoms with van der Waals surface area (Å²) in [6.07, 6.45) is -1.51. The van der Waals surface area contributed by atoms with Crippen LogP contribution in [0.4, 0.5) is 18.9 Å². The molecule has 0 amide bonds. The average molecular weight is 297 g/mol. The summed E-state index contributed by atoms with van der Waals surface area (Å²) in [4.78, 5) is 1.94. The quantitative estimate of drug-likeness (QED) is 0.911. The minimum Gasteiger partial charge on any atom is -0.370 e. The molecule has 1 aromatic rings. The van der Waals surface area contributed by atoms with Crippen LogP contribution in [-0.4, -0.2) is 26.2 Å². The number of halogens is 3. The van der Waals surface area contributed by atoms with Crippen LogP contribution in [-0.2, 0) is 6.18 Å². The first-order chi connectivity index (χ1) is 9.93. The first kappa shape index (κ1) is 15.6. The van der Waals surface area contributed by atoms with E-state index in [0.717, 1.165) is 44.5 Å². The van der Waals surface area contributed by atoms with E-state index >= 15 is 0 Å². The van der Waals surface area contributed by atoms with Gasteiger partial charge in [0, 0.05) is 13.1 Å². The van der Waals surface area contributed by atoms with Crippen molar-refractivity contribution in [1.29, 1.82) is 5.26 Å². The van der Waals surface area contributed by atoms with Crippen LogP contribution >= 0.6 is 0 Å². The van der Waals surface area contributed by atoms with Crippen LogP contribution in [0.5, 0.6) is 0 Å². The molecule has 114 valence electrons. The first-order valence-electron chi connectivity index (χ1n) is 6.98. The lowest BCUT2D eigenvalue weighted by atomic mass is 10.0. The van der Waals surface area contributed by atoms with Crippen molar-refractivity contribution in [3.05, 3.63) is 29.3 Å². The highest BCUT2D eigenvalue weighted by molar-refractivity contribution is 5.61. The normalized spacial score (nSPS) is 19.7. The third-order valence-corrected chi connectivity index (χ3v) is 3.92. The Balaban J connectivity index is 2.28. The third kappa shape index (κ3) is 3.67. The van der Waals surface area contributed by atoms with Crippen molar-refractivity contribution >= 4 is 5.69 Å². The molecule has 0 aromatic heterocycles. The van der Waals surface area contributed by atoms with Crippen LogP contribution in [0.15, 0.2) is 18.2 Å². The van der Waals surface area contributed by atoms with Gasteiger partial charge in [0.25, 0.3) is 0 Å². The van der Waals surface area contributed by atoms with Gasteiger partial charge in [-0.25, -0.2) is 0 Å². The summed E-state index contributed by atoms with van der Waals surface area (Å²) in [5.41, 5.74) is -0.138. The van der Waals surface area contributed by atoms with Gasteiger partial charge in [0.15, 0.2) is 0 Å². The summed E-state index contributed by atoms with van der Waals surface area (Å²) >= 11 is 0. The molecule has 0 radical (unpaired) electrons. The van der Waals surface area contributed by atoms with Crippen molar-refractivity contribution in [2.45, 2.75) is 31.5 Å². The largest absolute Gasteiger partial charge is 0.416 e. The molecule has 1 fully saturated rings. The Morgan fingerprint density at radius 3 is 2.71 bits per heavy atom. The monoisotopic (exact) mass is 297 g/mol. The summed E-state index contributed by atoms with van der Waals surface area (Å²) in [7, 11) is 1.85. The SMILES string of the molecule is CN(c1ccc(C(F)(F)F)cc1C#N)C1CCCNCC1. The molecule has 1 aromatic carbocycles. The molecule has 1 atom stereocenters. The Kier molecular flexibility index (Phi) is 4.73. The van der Waals surface area contributed by atoms with Gasteiger partial charge in [-0.05, 0) is 50.6 Å². The molecule has 1 N–H and O–H groups in total. The first-order valence-corrected chi connectivity index (χ1v) is 6.98. The highest BCUT2D eigenvalue weighted by atomic mass is 19.4. The van der Waals surface area contributed by atoms with E-state index in [-0.39, 0.29) is 11.6 Å². The van der Waals surface area contributed by atoms with E-state index in [1.807, 2.05) is 18.0 Å². The second-order valence-corrected chi connectivity index (χ2v) is 5.29. The standard InChI is InChI=1S/C15H18F3N3/c1-21(13-3-2-7-20-8-6-13)14-5-4-12(15(16,17)18)9-11(14)10-19/h4-5,9,13,20H,2-3,6-8H2,1H3. The fourth-order valence-electron chi connectivity index (χ4n) is 2.69. The number of hydrogen-bond acceptors (Lipinski definition) is 3. The van der Waals surface area contributed by atoms with E-state index in [2.05, 4.69) is 5.32 Å². The molecule has 2 rings (SSSR count). The van der Waals surface area contributed by atoms with E-state index in [0.29, 0.717) is 5.69 Å². The Morgan fingerprint density at radius 1 is 1.29 bits per heavy atom. The summed E-state index contributed by atoms with van der Waals surface area (Å²) in [6.45, 7) is 1.85. The molecular formula is C15H18F3N3. The van der Waals surface area contributed by atoms with Gasteiger partial charge in [-0.15, -0.1) is 0 Å². The lowest BCUT2D eigenvalue weighted by Crippen LogP contribution is -2.33. The highest BCUT2D eigenvalue weighted by Gasteiger charge is 2.31. The minimum atomic E-state index is -4.42. The van der Waals surface area contributed by atoms with Crippen molar-refractivity contribution in [3.63, 3.8) is 0 Å². The number of rotatable bonds is 2. The van der Waals surface area contributed by atoms with Gasteiger partial charge in [0.2, 0.25) is 0 Å². The fourth-order valence-corrected chi connectivity index (χ4v) is 2.69. The molecule has 0 bridgehead atoms. The maximum Gasteiger partial charge on any atom is 0.416 e. The van der Waals surface area contributed by atoms with Crippen molar-refractivity contribution in [2.75, 3.05) is 25.0 Å². The third-order valence-electron chi connectivity index (χ3n) is 3.92. The number of hydrogen-bond donors (Lipinski definition) is 1. The number of nitriles is 1. The van der Waals surface area contributed by atoms with Gasteiger partial charge in [-0.1, -0.05) is 0 Å². The van der Waals surface area contributed by atoms with Gasteiger partial charge >= 0.3 is 6.18 Å². The molecule has 1 aliphatic heterocycles. The van der Waals surface area contributed by atoms with Crippen molar-refractivity contribution in [3.8, 4) is 6.07 Å². The zero-order chi connectivity index (χ0) is 15.5. The molecule has 1 saturated heterocycles. The van der Waals surface area contributed by atoms with Gasteiger partial charge in [-0.3, -0.25) is 0 Å². The van der Waals surface area contributed by atoms with Crippen LogP contribution < -0.4 is 10.2 Å².